The minimum Gasteiger partial charge on any atom is -0.870 e. The van der Waals surface area contributed by atoms with Crippen molar-refractivity contribution in [1.29, 1.82) is 0 Å². The zero-order valence-electron chi connectivity index (χ0n) is 80.5. The predicted octanol–water partition coefficient (Wildman–Crippen LogP) is 16.2. The molecular formula is C92H124B3BrCl9F6LiN8O18S. The smallest absolute Gasteiger partial charge is 0.870 e. The van der Waals surface area contributed by atoms with Crippen molar-refractivity contribution < 1.29 is 132 Å². The van der Waals surface area contributed by atoms with Gasteiger partial charge >= 0.3 is 57.9 Å². The summed E-state index contributed by atoms with van der Waals surface area (Å²) in [5, 5.41) is 12.2. The van der Waals surface area contributed by atoms with E-state index in [1.165, 1.54) is 62.8 Å². The van der Waals surface area contributed by atoms with Gasteiger partial charge in [-0.1, -0.05) is 80.0 Å². The molecule has 768 valence electrons. The number of nitrogens with two attached hydrogens (primary N) is 2. The molecule has 0 spiro atoms. The van der Waals surface area contributed by atoms with Crippen molar-refractivity contribution in [1.82, 2.24) is 5.32 Å². The summed E-state index contributed by atoms with van der Waals surface area (Å²) in [4.78, 5) is 75.4. The fraction of sp³-hybridized carbons (Fsp3) is 0.543. The molecule has 0 aliphatic carbocycles. The van der Waals surface area contributed by atoms with Crippen LogP contribution in [-0.4, -0.2) is 203 Å². The van der Waals surface area contributed by atoms with Gasteiger partial charge in [0.25, 0.3) is 0 Å². The molecule has 6 unspecified atom stereocenters. The van der Waals surface area contributed by atoms with Gasteiger partial charge in [-0.2, -0.15) is 0 Å². The largest absolute Gasteiger partial charge is 1.00 e. The van der Waals surface area contributed by atoms with Gasteiger partial charge in [-0.3, -0.25) is 28.8 Å². The van der Waals surface area contributed by atoms with Crippen LogP contribution in [0.5, 0.6) is 0 Å². The first-order chi connectivity index (χ1) is 63.0. The number of amides is 2. The van der Waals surface area contributed by atoms with E-state index in [9.17, 15) is 55.1 Å². The number of aliphatic carboxylic acids is 1. The first-order valence-corrected chi connectivity index (χ1v) is 49.9. The maximum absolute atomic E-state index is 14.7. The number of ether oxygens (including phenoxy) is 2. The number of nitrogens with zero attached hydrogens (tertiary/aromatic N) is 5. The summed E-state index contributed by atoms with van der Waals surface area (Å²) in [6, 6.07) is 28.6. The molecule has 0 radical (unpaired) electrons. The summed E-state index contributed by atoms with van der Waals surface area (Å²) in [5.41, 5.74) is 12.4. The summed E-state index contributed by atoms with van der Waals surface area (Å²) >= 11 is 36.4. The maximum atomic E-state index is 14.7. The monoisotopic (exact) mass is 2210 g/mol. The normalized spacial score (nSPS) is 20.9. The van der Waals surface area contributed by atoms with Crippen molar-refractivity contribution in [2.45, 2.75) is 194 Å². The Morgan fingerprint density at radius 2 is 0.698 bits per heavy atom. The predicted molar refractivity (Wildman–Crippen MR) is 543 cm³/mol. The molecule has 9 heterocycles. The van der Waals surface area contributed by atoms with Crippen molar-refractivity contribution >= 4 is 219 Å². The summed E-state index contributed by atoms with van der Waals surface area (Å²) < 4.78 is 135. The minimum atomic E-state index is -1.67. The van der Waals surface area contributed by atoms with E-state index in [-0.39, 0.29) is 161 Å². The van der Waals surface area contributed by atoms with Gasteiger partial charge in [0.1, 0.15) is 34.9 Å². The van der Waals surface area contributed by atoms with E-state index in [1.807, 2.05) is 104 Å². The summed E-state index contributed by atoms with van der Waals surface area (Å²) in [7, 11) is 8.53. The molecule has 9 saturated heterocycles. The van der Waals surface area contributed by atoms with E-state index in [0.29, 0.717) is 54.5 Å². The average Bonchev–Trinajstić information content (AvgIpc) is 1.58. The van der Waals surface area contributed by atoms with Crippen molar-refractivity contribution in [3.8, 4) is 0 Å². The Morgan fingerprint density at radius 1 is 0.439 bits per heavy atom. The third-order valence-corrected chi connectivity index (χ3v) is 27.6. The fourth-order valence-electron chi connectivity index (χ4n) is 15.8. The summed E-state index contributed by atoms with van der Waals surface area (Å²) in [6.07, 6.45) is 7.88. The van der Waals surface area contributed by atoms with Crippen LogP contribution in [0.25, 0.3) is 0 Å². The number of primary amides is 2. The van der Waals surface area contributed by atoms with Gasteiger partial charge in [0.15, 0.2) is 0 Å². The number of carbonyl (C=O) groups is 6. The number of methoxy groups -OCH3 is 2. The van der Waals surface area contributed by atoms with Crippen molar-refractivity contribution in [2.75, 3.05) is 117 Å². The number of esters is 2. The number of carbonyl (C=O) groups excluding carboxylic acids is 5. The average molecular weight is 2210 g/mol. The van der Waals surface area contributed by atoms with E-state index >= 15 is 0 Å². The van der Waals surface area contributed by atoms with E-state index < -0.39 is 76.6 Å². The van der Waals surface area contributed by atoms with Gasteiger partial charge in [0, 0.05) is 157 Å². The van der Waals surface area contributed by atoms with Gasteiger partial charge in [-0.25, -0.2) is 30.6 Å². The number of carboxylic acid groups (broad SMARTS) is 1. The Hall–Kier alpha value is -5.41. The second-order valence-corrected chi connectivity index (χ2v) is 43.0. The van der Waals surface area contributed by atoms with Crippen molar-refractivity contribution in [2.24, 2.45) is 47.0 Å². The molecule has 6 aromatic rings. The van der Waals surface area contributed by atoms with E-state index in [2.05, 4.69) is 61.9 Å². The van der Waals surface area contributed by atoms with Gasteiger partial charge in [0.2, 0.25) is 26.3 Å². The van der Waals surface area contributed by atoms with Crippen LogP contribution >= 0.6 is 119 Å². The van der Waals surface area contributed by atoms with Crippen molar-refractivity contribution in [3.63, 3.8) is 0 Å². The number of benzene rings is 6. The van der Waals surface area contributed by atoms with Crippen LogP contribution in [0, 0.1) is 70.4 Å². The number of carboxylic acids is 1. The standard InChI is InChI=1S/C18H26BFN2O3.C13H15ClFNO2.C12H24B2O4.C12H12Cl2FNO.C12H14ClFN2O.C12H13ClFNO2.C7H13NO2.C6H3BrClF.Cl2OS.ClH.Li.2H2O/c1-17(2)18(3,4)25-19(24-17)14-6-5-13(10-15(14)20)22-8-7-12(11-22)9-16(21)23;1-18-13(17)6-9-4-5-16(8-9)10-2-3-11(14)12(15)7-10;1-9(2)10(3,4)16-13(15-9)14-17-11(5,6)12(7,8)18-14;13-10-2-1-9(6-11(10)15)16-4-3-8(7-16)5-12(14)17;13-10-2-1-9(6-11(10)14)16-4-3-8(7-16)5-12(15)17;13-10-2-1-9(6-11(10)14)15-4-3-8(7-15)5-12(16)17;1-10-7(9)4-6-2-3-8-5-6;7-4-1-2-5(8)6(9)3-4;1-4(2)3;;;;/h5-6,10,12H,7-9,11H2,1-4H3,(H2,21,23);2-3,7,9H,4-6,8H2,1H3;1-8H3;1-2,6,8H,3-5,7H2;1-2,6,8H,3-5,7H2,(H2,15,17);1-2,6,8H,3-5,7H2,(H,16,17);6,8H,2-5H2,1H3;1-3H;;1H;;2*1H2/q;;;;;;;;;;+1;;/p-1. The van der Waals surface area contributed by atoms with E-state index in [1.54, 1.807) is 54.6 Å². The molecule has 0 bridgehead atoms. The topological polar surface area (TPSA) is 355 Å². The van der Waals surface area contributed by atoms with Gasteiger partial charge in [-0.15, -0.1) is 12.4 Å². The maximum Gasteiger partial charge on any atom is 1.00 e. The molecule has 139 heavy (non-hydrogen) atoms. The zero-order chi connectivity index (χ0) is 101. The van der Waals surface area contributed by atoms with Crippen LogP contribution in [-0.2, 0) is 75.4 Å². The second kappa shape index (κ2) is 58.2. The van der Waals surface area contributed by atoms with Crippen LogP contribution < -0.4 is 65.6 Å². The molecule has 47 heteroatoms. The molecule has 9 N–H and O–H groups in total. The van der Waals surface area contributed by atoms with Gasteiger partial charge in [0.05, 0.1) is 79.4 Å². The number of hydrogen-bond donors (Lipinski definition) is 4. The van der Waals surface area contributed by atoms with Crippen molar-refractivity contribution in [3.05, 3.63) is 174 Å². The molecule has 9 aliphatic heterocycles. The number of rotatable bonds is 19. The Balaban J connectivity index is 0.000000410. The van der Waals surface area contributed by atoms with Crippen LogP contribution in [0.3, 0.4) is 0 Å². The Bertz CT molecular complexity index is 4760. The number of hydrogen-bond acceptors (Lipinski definition) is 22. The van der Waals surface area contributed by atoms with Crippen LogP contribution in [0.4, 0.5) is 54.8 Å². The molecule has 0 saturated carbocycles. The summed E-state index contributed by atoms with van der Waals surface area (Å²) in [6.45, 7) is 33.6. The van der Waals surface area contributed by atoms with Crippen LogP contribution in [0.15, 0.2) is 114 Å². The Kier molecular flexibility index (Phi) is 53.5. The second-order valence-electron chi connectivity index (χ2n) is 37.1. The van der Waals surface area contributed by atoms with Gasteiger partial charge < -0.3 is 94.7 Å². The fourth-order valence-corrected chi connectivity index (χ4v) is 16.9. The molecule has 6 atom stereocenters. The van der Waals surface area contributed by atoms with E-state index in [4.69, 9.17) is 118 Å². The van der Waals surface area contributed by atoms with E-state index in [0.717, 1.165) is 139 Å². The molecule has 9 aliphatic rings. The SMILES string of the molecule is CC1(C)OB(B2OC(C)(C)C(C)(C)O2)OC1(C)C.CC1(C)OB(c2ccc(N3CCC(CC(N)=O)C3)cc2F)OC1(C)C.COC(=O)CC1CCN(c2ccc(Cl)c(F)c2)C1.COC(=O)CC1CCNC1.Cl.Fc1cc(Br)ccc1Cl.NC(=O)CC1CCN(c2ccc(Cl)c(F)c2)C1.O.O=C(Cl)CC1CCN(c2ccc(Cl)c(F)c2)C1.O=C(O)CC1CCN(c2ccc(Cl)c(F)c2)C1.O=S(Cl)Cl.[Li+].[OH-]. The molecule has 2 amide bonds. The first kappa shape index (κ1) is 128. The molecular weight excluding hydrogens is 2090 g/mol. The van der Waals surface area contributed by atoms with Crippen LogP contribution in [0.1, 0.15) is 160 Å². The number of halogens is 16. The quantitative estimate of drug-likeness (QED) is 0.0192. The Morgan fingerprint density at radius 3 is 0.950 bits per heavy atom. The minimum absolute atomic E-state index is 0. The summed E-state index contributed by atoms with van der Waals surface area (Å²) in [5.74, 6) is -2.34. The molecule has 0 aromatic heterocycles. The third kappa shape index (κ3) is 40.1. The number of nitrogens with one attached hydrogen (secondary N) is 1. The molecule has 15 rings (SSSR count). The first-order valence-electron chi connectivity index (χ1n) is 44.1. The zero-order valence-corrected chi connectivity index (χ0v) is 89.7. The molecule has 26 nitrogen and oxygen atoms in total. The number of anilines is 5. The molecule has 9 fully saturated rings. The third-order valence-electron chi connectivity index (χ3n) is 25.4. The Labute approximate surface area is 880 Å². The molecule has 6 aromatic carbocycles. The van der Waals surface area contributed by atoms with Crippen LogP contribution in [0.2, 0.25) is 25.1 Å². The van der Waals surface area contributed by atoms with Gasteiger partial charge in [-0.05, 0) is 285 Å².